The highest BCUT2D eigenvalue weighted by Gasteiger charge is 2.23. The lowest BCUT2D eigenvalue weighted by Crippen LogP contribution is -2.32. The van der Waals surface area contributed by atoms with E-state index in [0.29, 0.717) is 6.04 Å². The molecule has 2 aliphatic carbocycles. The molecule has 0 heterocycles. The Bertz CT molecular complexity index is 493. The van der Waals surface area contributed by atoms with Gasteiger partial charge in [-0.2, -0.15) is 0 Å². The zero-order valence-corrected chi connectivity index (χ0v) is 11.7. The molecule has 1 amide bonds. The van der Waals surface area contributed by atoms with Crippen molar-refractivity contribution in [2.45, 2.75) is 57.1 Å². The van der Waals surface area contributed by atoms with Gasteiger partial charge in [0.25, 0.3) is 0 Å². The normalized spacial score (nSPS) is 25.0. The molecule has 0 aliphatic heterocycles. The number of primary amides is 1. The number of aryl methyl sites for hydroxylation is 2. The second-order valence-corrected chi connectivity index (χ2v) is 5.89. The first kappa shape index (κ1) is 13.3. The molecular formula is C16H22N2O2. The molecule has 4 heteroatoms. The molecular weight excluding hydrogens is 252 g/mol. The lowest BCUT2D eigenvalue weighted by atomic mass is 9.92. The lowest BCUT2D eigenvalue weighted by molar-refractivity contribution is 0.0806. The molecule has 20 heavy (non-hydrogen) atoms. The molecule has 0 atom stereocenters. The number of hydrogen-bond acceptors (Lipinski definition) is 3. The second-order valence-electron chi connectivity index (χ2n) is 5.89. The van der Waals surface area contributed by atoms with Crippen molar-refractivity contribution < 1.29 is 9.53 Å². The number of carbonyl (C=O) groups excluding carboxylic acids is 1. The van der Waals surface area contributed by atoms with Crippen LogP contribution in [0.2, 0.25) is 0 Å². The number of ether oxygens (including phenoxy) is 1. The van der Waals surface area contributed by atoms with Crippen LogP contribution in [0.1, 0.15) is 43.2 Å². The molecule has 0 bridgehead atoms. The zero-order chi connectivity index (χ0) is 13.9. The molecule has 108 valence electrons. The maximum absolute atomic E-state index is 10.7. The van der Waals surface area contributed by atoms with Crippen LogP contribution in [0, 0.1) is 0 Å². The number of nitrogens with one attached hydrogen (secondary N) is 1. The highest BCUT2D eigenvalue weighted by atomic mass is 16.6. The van der Waals surface area contributed by atoms with Gasteiger partial charge in [-0.05, 0) is 68.2 Å². The van der Waals surface area contributed by atoms with Gasteiger partial charge in [0.05, 0.1) is 0 Å². The van der Waals surface area contributed by atoms with Gasteiger partial charge in [-0.3, -0.25) is 0 Å². The number of amides is 1. The Hall–Kier alpha value is -1.71. The van der Waals surface area contributed by atoms with Crippen molar-refractivity contribution in [3.05, 3.63) is 29.3 Å². The summed E-state index contributed by atoms with van der Waals surface area (Å²) in [5.74, 6) is 0. The lowest BCUT2D eigenvalue weighted by Gasteiger charge is -2.29. The first-order valence-electron chi connectivity index (χ1n) is 7.55. The molecule has 0 spiro atoms. The Kier molecular flexibility index (Phi) is 3.81. The smallest absolute Gasteiger partial charge is 0.404 e. The maximum Gasteiger partial charge on any atom is 0.404 e. The number of rotatable bonds is 3. The van der Waals surface area contributed by atoms with Gasteiger partial charge < -0.3 is 15.8 Å². The highest BCUT2D eigenvalue weighted by molar-refractivity contribution is 5.64. The van der Waals surface area contributed by atoms with Gasteiger partial charge in [0, 0.05) is 11.7 Å². The third-order valence-electron chi connectivity index (χ3n) is 4.43. The molecule has 1 fully saturated rings. The molecule has 0 aromatic heterocycles. The Morgan fingerprint density at radius 2 is 1.90 bits per heavy atom. The predicted octanol–water partition coefficient (Wildman–Crippen LogP) is 2.99. The molecule has 3 rings (SSSR count). The van der Waals surface area contributed by atoms with E-state index in [1.165, 1.54) is 36.1 Å². The fourth-order valence-electron chi connectivity index (χ4n) is 3.39. The van der Waals surface area contributed by atoms with Gasteiger partial charge in [0.2, 0.25) is 0 Å². The van der Waals surface area contributed by atoms with Gasteiger partial charge in [0.1, 0.15) is 6.10 Å². The van der Waals surface area contributed by atoms with E-state index in [0.717, 1.165) is 25.7 Å². The SMILES string of the molecule is NC(=O)OC1CCC(Nc2ccc3c(c2)CCC3)CC1. The molecule has 0 unspecified atom stereocenters. The van der Waals surface area contributed by atoms with Gasteiger partial charge in [0.15, 0.2) is 0 Å². The number of benzene rings is 1. The van der Waals surface area contributed by atoms with Crippen LogP contribution in [-0.2, 0) is 17.6 Å². The van der Waals surface area contributed by atoms with Crippen molar-refractivity contribution in [3.63, 3.8) is 0 Å². The summed E-state index contributed by atoms with van der Waals surface area (Å²) in [4.78, 5) is 10.7. The standard InChI is InChI=1S/C16H22N2O2/c17-16(19)20-15-8-6-13(7-9-15)18-14-5-4-11-2-1-3-12(11)10-14/h4-5,10,13,15,18H,1-3,6-9H2,(H2,17,19). The Balaban J connectivity index is 1.53. The predicted molar refractivity (Wildman–Crippen MR) is 78.8 cm³/mol. The summed E-state index contributed by atoms with van der Waals surface area (Å²) < 4.78 is 5.06. The monoisotopic (exact) mass is 274 g/mol. The molecule has 1 saturated carbocycles. The summed E-state index contributed by atoms with van der Waals surface area (Å²) in [6, 6.07) is 7.22. The largest absolute Gasteiger partial charge is 0.446 e. The first-order valence-corrected chi connectivity index (χ1v) is 7.55. The average molecular weight is 274 g/mol. The van der Waals surface area contributed by atoms with Gasteiger partial charge in [-0.25, -0.2) is 4.79 Å². The van der Waals surface area contributed by atoms with E-state index in [2.05, 4.69) is 23.5 Å². The van der Waals surface area contributed by atoms with Crippen molar-refractivity contribution in [2.24, 2.45) is 5.73 Å². The average Bonchev–Trinajstić information content (AvgIpc) is 2.88. The fraction of sp³-hybridized carbons (Fsp3) is 0.562. The van der Waals surface area contributed by atoms with Crippen LogP contribution in [0.25, 0.3) is 0 Å². The van der Waals surface area contributed by atoms with Crippen LogP contribution in [0.5, 0.6) is 0 Å². The van der Waals surface area contributed by atoms with Crippen LogP contribution >= 0.6 is 0 Å². The van der Waals surface area contributed by atoms with Gasteiger partial charge >= 0.3 is 6.09 Å². The summed E-state index contributed by atoms with van der Waals surface area (Å²) in [6.07, 6.45) is 6.91. The van der Waals surface area contributed by atoms with Gasteiger partial charge in [-0.15, -0.1) is 0 Å². The van der Waals surface area contributed by atoms with E-state index < -0.39 is 6.09 Å². The van der Waals surface area contributed by atoms with Crippen molar-refractivity contribution in [3.8, 4) is 0 Å². The minimum absolute atomic E-state index is 0.00516. The van der Waals surface area contributed by atoms with Gasteiger partial charge in [-0.1, -0.05) is 6.07 Å². The topological polar surface area (TPSA) is 64.4 Å². The third-order valence-corrected chi connectivity index (χ3v) is 4.43. The van der Waals surface area contributed by atoms with E-state index >= 15 is 0 Å². The highest BCUT2D eigenvalue weighted by Crippen LogP contribution is 2.28. The van der Waals surface area contributed by atoms with Crippen LogP contribution in [-0.4, -0.2) is 18.2 Å². The summed E-state index contributed by atoms with van der Waals surface area (Å²) in [6.45, 7) is 0. The van der Waals surface area contributed by atoms with Crippen molar-refractivity contribution in [1.29, 1.82) is 0 Å². The molecule has 1 aromatic carbocycles. The number of nitrogens with two attached hydrogens (primary N) is 1. The molecule has 0 saturated heterocycles. The van der Waals surface area contributed by atoms with Crippen LogP contribution < -0.4 is 11.1 Å². The van der Waals surface area contributed by atoms with E-state index in [9.17, 15) is 4.79 Å². The molecule has 1 aromatic rings. The molecule has 2 aliphatic rings. The van der Waals surface area contributed by atoms with Crippen LogP contribution in [0.4, 0.5) is 10.5 Å². The van der Waals surface area contributed by atoms with Crippen molar-refractivity contribution >= 4 is 11.8 Å². The zero-order valence-electron chi connectivity index (χ0n) is 11.7. The minimum atomic E-state index is -0.653. The summed E-state index contributed by atoms with van der Waals surface area (Å²) in [7, 11) is 0. The summed E-state index contributed by atoms with van der Waals surface area (Å²) in [5, 5.41) is 3.61. The van der Waals surface area contributed by atoms with E-state index in [4.69, 9.17) is 10.5 Å². The second kappa shape index (κ2) is 5.73. The van der Waals surface area contributed by atoms with Crippen molar-refractivity contribution in [2.75, 3.05) is 5.32 Å². The Morgan fingerprint density at radius 1 is 1.15 bits per heavy atom. The maximum atomic E-state index is 10.7. The fourth-order valence-corrected chi connectivity index (χ4v) is 3.39. The number of carbonyl (C=O) groups is 1. The van der Waals surface area contributed by atoms with Crippen molar-refractivity contribution in [1.82, 2.24) is 0 Å². The molecule has 4 nitrogen and oxygen atoms in total. The molecule has 0 radical (unpaired) electrons. The van der Waals surface area contributed by atoms with E-state index in [1.807, 2.05) is 0 Å². The quantitative estimate of drug-likeness (QED) is 0.890. The minimum Gasteiger partial charge on any atom is -0.446 e. The number of fused-ring (bicyclic) bond motifs is 1. The van der Waals surface area contributed by atoms with Crippen LogP contribution in [0.15, 0.2) is 18.2 Å². The number of hydrogen-bond donors (Lipinski definition) is 2. The van der Waals surface area contributed by atoms with E-state index in [1.54, 1.807) is 0 Å². The third kappa shape index (κ3) is 3.06. The Morgan fingerprint density at radius 3 is 2.65 bits per heavy atom. The summed E-state index contributed by atoms with van der Waals surface area (Å²) >= 11 is 0. The Labute approximate surface area is 119 Å². The summed E-state index contributed by atoms with van der Waals surface area (Å²) in [5.41, 5.74) is 9.29. The number of anilines is 1. The molecule has 3 N–H and O–H groups in total. The first-order chi connectivity index (χ1) is 9.70. The van der Waals surface area contributed by atoms with Crippen LogP contribution in [0.3, 0.4) is 0 Å². The van der Waals surface area contributed by atoms with E-state index in [-0.39, 0.29) is 6.10 Å².